The second-order valence-corrected chi connectivity index (χ2v) is 9.70. The van der Waals surface area contributed by atoms with Gasteiger partial charge >= 0.3 is 0 Å². The van der Waals surface area contributed by atoms with Crippen LogP contribution in [-0.2, 0) is 9.47 Å². The molecule has 5 rings (SSSR count). The molecular formula is C28H38N4O3. The van der Waals surface area contributed by atoms with Crippen LogP contribution in [0.15, 0.2) is 48.5 Å². The number of rotatable bonds is 10. The molecule has 2 fully saturated rings. The highest BCUT2D eigenvalue weighted by atomic mass is 16.7. The van der Waals surface area contributed by atoms with Crippen LogP contribution in [0.3, 0.4) is 0 Å². The van der Waals surface area contributed by atoms with E-state index >= 15 is 0 Å². The Morgan fingerprint density at radius 2 is 1.37 bits per heavy atom. The van der Waals surface area contributed by atoms with Crippen molar-refractivity contribution in [1.82, 2.24) is 9.80 Å². The number of nitrogens with zero attached hydrogens (tertiary/aromatic N) is 3. The van der Waals surface area contributed by atoms with E-state index in [2.05, 4.69) is 32.1 Å². The number of carbonyl (C=O) groups excluding carboxylic acids is 1. The molecule has 0 saturated carbocycles. The minimum Gasteiger partial charge on any atom is -0.350 e. The van der Waals surface area contributed by atoms with E-state index in [1.54, 1.807) is 0 Å². The van der Waals surface area contributed by atoms with E-state index in [-0.39, 0.29) is 12.2 Å². The van der Waals surface area contributed by atoms with E-state index in [0.717, 1.165) is 87.9 Å². The Hall–Kier alpha value is -2.45. The molecule has 0 aliphatic carbocycles. The topological polar surface area (TPSA) is 57.3 Å². The first kappa shape index (κ1) is 24.3. The summed E-state index contributed by atoms with van der Waals surface area (Å²) in [5.74, 6) is -0.0316. The number of fused-ring (bicyclic) bond motifs is 2. The molecule has 7 heteroatoms. The molecule has 2 aromatic rings. The largest absolute Gasteiger partial charge is 0.350 e. The van der Waals surface area contributed by atoms with Crippen LogP contribution in [-0.4, -0.2) is 81.0 Å². The van der Waals surface area contributed by atoms with Crippen molar-refractivity contribution < 1.29 is 14.3 Å². The van der Waals surface area contributed by atoms with E-state index in [4.69, 9.17) is 9.47 Å². The van der Waals surface area contributed by atoms with Gasteiger partial charge in [-0.3, -0.25) is 4.79 Å². The molecule has 2 saturated heterocycles. The van der Waals surface area contributed by atoms with E-state index in [1.165, 1.54) is 25.8 Å². The van der Waals surface area contributed by atoms with Crippen LogP contribution in [0.2, 0.25) is 0 Å². The van der Waals surface area contributed by atoms with Gasteiger partial charge < -0.3 is 29.5 Å². The van der Waals surface area contributed by atoms with Crippen molar-refractivity contribution in [1.29, 1.82) is 0 Å². The number of hydrogen-bond donors (Lipinski definition) is 1. The van der Waals surface area contributed by atoms with Gasteiger partial charge in [-0.2, -0.15) is 0 Å². The molecule has 1 amide bonds. The number of para-hydroxylation sites is 3. The van der Waals surface area contributed by atoms with Gasteiger partial charge in [0.05, 0.1) is 35.8 Å². The Bertz CT molecular complexity index is 970. The van der Waals surface area contributed by atoms with E-state index in [9.17, 15) is 4.79 Å². The Kier molecular flexibility index (Phi) is 8.31. The number of piperazine rings is 1. The fourth-order valence-corrected chi connectivity index (χ4v) is 5.33. The molecule has 0 unspecified atom stereocenters. The summed E-state index contributed by atoms with van der Waals surface area (Å²) in [6.45, 7) is 9.28. The SMILES string of the molecule is O=C1Nc2ccccc2N(CCCCCCN2CCN(CCC3OCCO3)CC2)c2ccccc21. The van der Waals surface area contributed by atoms with Crippen molar-refractivity contribution in [2.75, 3.05) is 69.2 Å². The third kappa shape index (κ3) is 6.22. The van der Waals surface area contributed by atoms with Crippen molar-refractivity contribution in [2.45, 2.75) is 38.4 Å². The molecule has 3 aliphatic heterocycles. The first-order valence-electron chi connectivity index (χ1n) is 13.2. The monoisotopic (exact) mass is 478 g/mol. The highest BCUT2D eigenvalue weighted by Crippen LogP contribution is 2.37. The third-order valence-corrected chi connectivity index (χ3v) is 7.33. The normalized spacial score (nSPS) is 19.3. The van der Waals surface area contributed by atoms with Crippen LogP contribution >= 0.6 is 0 Å². The minimum absolute atomic E-state index is 0.0149. The van der Waals surface area contributed by atoms with Crippen LogP contribution in [0.4, 0.5) is 17.1 Å². The van der Waals surface area contributed by atoms with Crippen LogP contribution in [0, 0.1) is 0 Å². The van der Waals surface area contributed by atoms with Gasteiger partial charge in [-0.15, -0.1) is 0 Å². The fraction of sp³-hybridized carbons (Fsp3) is 0.536. The number of hydrogen-bond acceptors (Lipinski definition) is 6. The molecule has 0 radical (unpaired) electrons. The smallest absolute Gasteiger partial charge is 0.257 e. The predicted molar refractivity (Wildman–Crippen MR) is 140 cm³/mol. The quantitative estimate of drug-likeness (QED) is 0.513. The van der Waals surface area contributed by atoms with Gasteiger partial charge in [-0.05, 0) is 43.7 Å². The summed E-state index contributed by atoms with van der Waals surface area (Å²) >= 11 is 0. The Morgan fingerprint density at radius 1 is 0.743 bits per heavy atom. The summed E-state index contributed by atoms with van der Waals surface area (Å²) in [4.78, 5) is 20.2. The zero-order chi connectivity index (χ0) is 23.9. The Morgan fingerprint density at radius 3 is 2.14 bits per heavy atom. The number of unbranched alkanes of at least 4 members (excludes halogenated alkanes) is 3. The van der Waals surface area contributed by atoms with Crippen LogP contribution < -0.4 is 10.2 Å². The number of benzene rings is 2. The van der Waals surface area contributed by atoms with E-state index in [0.29, 0.717) is 0 Å². The van der Waals surface area contributed by atoms with Gasteiger partial charge in [0.2, 0.25) is 0 Å². The summed E-state index contributed by atoms with van der Waals surface area (Å²) in [5, 5.41) is 3.08. The summed E-state index contributed by atoms with van der Waals surface area (Å²) in [5.41, 5.74) is 3.70. The average Bonchev–Trinajstić information content (AvgIpc) is 3.38. The molecule has 188 valence electrons. The maximum atomic E-state index is 12.7. The van der Waals surface area contributed by atoms with E-state index < -0.39 is 0 Å². The highest BCUT2D eigenvalue weighted by molar-refractivity contribution is 6.12. The summed E-state index contributed by atoms with van der Waals surface area (Å²) in [7, 11) is 0. The van der Waals surface area contributed by atoms with Gasteiger partial charge in [0.15, 0.2) is 6.29 Å². The van der Waals surface area contributed by atoms with Gasteiger partial charge in [0.25, 0.3) is 5.91 Å². The molecular weight excluding hydrogens is 440 g/mol. The molecule has 7 nitrogen and oxygen atoms in total. The molecule has 35 heavy (non-hydrogen) atoms. The van der Waals surface area contributed by atoms with Gasteiger partial charge in [-0.25, -0.2) is 0 Å². The summed E-state index contributed by atoms with van der Waals surface area (Å²) in [6, 6.07) is 16.0. The fourth-order valence-electron chi connectivity index (χ4n) is 5.33. The molecule has 3 aliphatic rings. The lowest BCUT2D eigenvalue weighted by atomic mass is 10.1. The number of nitrogens with one attached hydrogen (secondary N) is 1. The number of carbonyl (C=O) groups is 1. The lowest BCUT2D eigenvalue weighted by Gasteiger charge is -2.35. The van der Waals surface area contributed by atoms with E-state index in [1.807, 2.05) is 36.4 Å². The summed E-state index contributed by atoms with van der Waals surface area (Å²) in [6.07, 6.45) is 5.79. The maximum absolute atomic E-state index is 12.7. The minimum atomic E-state index is -0.0316. The number of anilines is 3. The van der Waals surface area contributed by atoms with Gasteiger partial charge in [0.1, 0.15) is 0 Å². The third-order valence-electron chi connectivity index (χ3n) is 7.33. The summed E-state index contributed by atoms with van der Waals surface area (Å²) < 4.78 is 11.1. The Labute approximate surface area is 209 Å². The lowest BCUT2D eigenvalue weighted by molar-refractivity contribution is -0.0532. The molecule has 0 atom stereocenters. The van der Waals surface area contributed by atoms with Crippen molar-refractivity contribution >= 4 is 23.0 Å². The predicted octanol–water partition coefficient (Wildman–Crippen LogP) is 4.33. The molecule has 3 heterocycles. The molecule has 2 aromatic carbocycles. The highest BCUT2D eigenvalue weighted by Gasteiger charge is 2.24. The number of ether oxygens (including phenoxy) is 2. The maximum Gasteiger partial charge on any atom is 0.257 e. The first-order valence-corrected chi connectivity index (χ1v) is 13.2. The Balaban J connectivity index is 1.03. The van der Waals surface area contributed by atoms with Crippen LogP contribution in [0.25, 0.3) is 0 Å². The van der Waals surface area contributed by atoms with Crippen LogP contribution in [0.5, 0.6) is 0 Å². The van der Waals surface area contributed by atoms with Gasteiger partial charge in [0, 0.05) is 45.7 Å². The zero-order valence-electron chi connectivity index (χ0n) is 20.7. The lowest BCUT2D eigenvalue weighted by Crippen LogP contribution is -2.47. The first-order chi connectivity index (χ1) is 17.3. The van der Waals surface area contributed by atoms with Crippen LogP contribution in [0.1, 0.15) is 42.5 Å². The second kappa shape index (κ2) is 12.0. The van der Waals surface area contributed by atoms with Crippen molar-refractivity contribution in [3.8, 4) is 0 Å². The average molecular weight is 479 g/mol. The molecule has 1 N–H and O–H groups in total. The van der Waals surface area contributed by atoms with Crippen molar-refractivity contribution in [2.24, 2.45) is 0 Å². The molecule has 0 aromatic heterocycles. The molecule has 0 spiro atoms. The molecule has 0 bridgehead atoms. The zero-order valence-corrected chi connectivity index (χ0v) is 20.7. The van der Waals surface area contributed by atoms with Gasteiger partial charge in [-0.1, -0.05) is 37.1 Å². The van der Waals surface area contributed by atoms with Crippen molar-refractivity contribution in [3.05, 3.63) is 54.1 Å². The second-order valence-electron chi connectivity index (χ2n) is 9.70. The van der Waals surface area contributed by atoms with Crippen molar-refractivity contribution in [3.63, 3.8) is 0 Å². The number of amides is 1. The standard InChI is InChI=1S/C28H38N4O3/c33-28-23-9-3-5-11-25(23)32(26-12-6-4-10-24(26)29-28)15-8-2-1-7-14-30-17-19-31(20-18-30)16-13-27-34-21-22-35-27/h3-6,9-12,27H,1-2,7-8,13-22H2,(H,29,33).